The van der Waals surface area contributed by atoms with Crippen molar-refractivity contribution in [1.82, 2.24) is 15.1 Å². The number of alkyl halides is 4. The lowest BCUT2D eigenvalue weighted by Crippen LogP contribution is -2.33. The van der Waals surface area contributed by atoms with Crippen LogP contribution in [0.1, 0.15) is 38.4 Å². The van der Waals surface area contributed by atoms with Gasteiger partial charge in [0.1, 0.15) is 0 Å². The summed E-state index contributed by atoms with van der Waals surface area (Å²) in [4.78, 5) is 9.08. The van der Waals surface area contributed by atoms with Gasteiger partial charge in [-0.3, -0.25) is 9.48 Å². The van der Waals surface area contributed by atoms with Gasteiger partial charge in [-0.05, 0) is 49.9 Å². The molecule has 7 nitrogen and oxygen atoms in total. The molecule has 0 bridgehead atoms. The first kappa shape index (κ1) is 26.6. The fraction of sp³-hybridized carbons (Fsp3) is 0.348. The quantitative estimate of drug-likeness (QED) is 0.413. The number of halogens is 4. The van der Waals surface area contributed by atoms with Gasteiger partial charge in [-0.15, -0.1) is 8.78 Å². The zero-order valence-corrected chi connectivity index (χ0v) is 17.9. The molecule has 182 valence electrons. The molecule has 34 heavy (non-hydrogen) atoms. The van der Waals surface area contributed by atoms with E-state index in [2.05, 4.69) is 26.0 Å². The number of carbonyl (C=O) groups excluding carboxylic acids is 1. The minimum Gasteiger partial charge on any atom is -0.395 e. The van der Waals surface area contributed by atoms with Crippen molar-refractivity contribution in [2.75, 3.05) is 7.05 Å². The van der Waals surface area contributed by atoms with Crippen molar-refractivity contribution >= 4 is 17.2 Å². The molecule has 2 aromatic carbocycles. The Labute approximate surface area is 193 Å². The second-order valence-electron chi connectivity index (χ2n) is 7.44. The number of rotatable bonds is 5. The highest BCUT2D eigenvalue weighted by Gasteiger charge is 2.43. The minimum absolute atomic E-state index is 0. The summed E-state index contributed by atoms with van der Waals surface area (Å²) in [5, 5.41) is 17.6. The summed E-state index contributed by atoms with van der Waals surface area (Å²) in [5.41, 5.74) is 2.13. The normalized spacial score (nSPS) is 15.4. The zero-order chi connectivity index (χ0) is 24.4. The highest BCUT2D eigenvalue weighted by atomic mass is 19.3. The lowest BCUT2D eigenvalue weighted by Gasteiger charge is -2.25. The molecule has 4 rings (SSSR count). The molecule has 0 radical (unpaired) electrons. The molecule has 1 aromatic heterocycles. The summed E-state index contributed by atoms with van der Waals surface area (Å²) in [6, 6.07) is 11.8. The minimum atomic E-state index is -3.66. The van der Waals surface area contributed by atoms with Gasteiger partial charge in [0.05, 0.1) is 29.4 Å². The van der Waals surface area contributed by atoms with E-state index < -0.39 is 18.5 Å². The molecular formula is C23H24F4N4O3. The highest BCUT2D eigenvalue weighted by molar-refractivity contribution is 5.80. The topological polar surface area (TPSA) is 89.2 Å². The molecule has 0 saturated carbocycles. The SMILES string of the molecule is C.CC(F)(F)C=O.CNC(C)C(c1ccc2c(c1)OC(F)(F)O2)n1ncc2cc(C#N)ccc21. The fourth-order valence-corrected chi connectivity index (χ4v) is 3.29. The fourth-order valence-electron chi connectivity index (χ4n) is 3.29. The Morgan fingerprint density at radius 2 is 1.85 bits per heavy atom. The predicted octanol–water partition coefficient (Wildman–Crippen LogP) is 4.90. The maximum absolute atomic E-state index is 13.3. The molecule has 2 unspecified atom stereocenters. The van der Waals surface area contributed by atoms with Gasteiger partial charge >= 0.3 is 6.29 Å². The summed E-state index contributed by atoms with van der Waals surface area (Å²) < 4.78 is 59.7. The van der Waals surface area contributed by atoms with Crippen LogP contribution in [0.4, 0.5) is 17.6 Å². The first-order valence-electron chi connectivity index (χ1n) is 9.76. The Bertz CT molecular complexity index is 1200. The third-order valence-electron chi connectivity index (χ3n) is 4.89. The van der Waals surface area contributed by atoms with E-state index in [0.717, 1.165) is 16.5 Å². The van der Waals surface area contributed by atoms with Crippen molar-refractivity contribution in [2.45, 2.75) is 45.6 Å². The first-order chi connectivity index (χ1) is 15.5. The van der Waals surface area contributed by atoms with Crippen LogP contribution in [0.2, 0.25) is 0 Å². The maximum Gasteiger partial charge on any atom is 0.586 e. The van der Waals surface area contributed by atoms with Crippen LogP contribution in [-0.2, 0) is 4.79 Å². The van der Waals surface area contributed by atoms with Crippen molar-refractivity contribution in [3.63, 3.8) is 0 Å². The number of fused-ring (bicyclic) bond motifs is 2. The summed E-state index contributed by atoms with van der Waals surface area (Å²) in [6.07, 6.45) is -2.36. The number of ether oxygens (including phenoxy) is 2. The molecule has 0 spiro atoms. The zero-order valence-electron chi connectivity index (χ0n) is 17.9. The van der Waals surface area contributed by atoms with E-state index >= 15 is 0 Å². The van der Waals surface area contributed by atoms with E-state index in [1.54, 1.807) is 30.5 Å². The molecule has 1 N–H and O–H groups in total. The van der Waals surface area contributed by atoms with E-state index in [9.17, 15) is 17.6 Å². The summed E-state index contributed by atoms with van der Waals surface area (Å²) >= 11 is 0. The van der Waals surface area contributed by atoms with Gasteiger partial charge in [0.2, 0.25) is 0 Å². The third kappa shape index (κ3) is 5.82. The average molecular weight is 480 g/mol. The van der Waals surface area contributed by atoms with Crippen molar-refractivity contribution in [3.8, 4) is 17.6 Å². The number of hydrogen-bond acceptors (Lipinski definition) is 6. The molecule has 0 saturated heterocycles. The molecule has 1 aliphatic heterocycles. The van der Waals surface area contributed by atoms with E-state index in [1.807, 2.05) is 24.7 Å². The van der Waals surface area contributed by atoms with Gasteiger partial charge in [-0.2, -0.15) is 19.1 Å². The van der Waals surface area contributed by atoms with E-state index in [-0.39, 0.29) is 31.0 Å². The smallest absolute Gasteiger partial charge is 0.395 e. The van der Waals surface area contributed by atoms with Gasteiger partial charge in [0.15, 0.2) is 17.8 Å². The van der Waals surface area contributed by atoms with Crippen molar-refractivity contribution in [3.05, 3.63) is 53.7 Å². The van der Waals surface area contributed by atoms with E-state index in [4.69, 9.17) is 10.1 Å². The Morgan fingerprint density at radius 1 is 1.21 bits per heavy atom. The lowest BCUT2D eigenvalue weighted by atomic mass is 9.99. The number of aldehydes is 1. The molecule has 0 fully saturated rings. The monoisotopic (exact) mass is 480 g/mol. The summed E-state index contributed by atoms with van der Waals surface area (Å²) in [6.45, 7) is 2.51. The van der Waals surface area contributed by atoms with Crippen molar-refractivity contribution in [2.24, 2.45) is 0 Å². The molecule has 2 heterocycles. The molecule has 1 aliphatic rings. The molecular weight excluding hydrogens is 456 g/mol. The number of benzene rings is 2. The second-order valence-corrected chi connectivity index (χ2v) is 7.44. The number of likely N-dealkylation sites (N-methyl/N-ethyl adjacent to an activating group) is 1. The standard InChI is InChI=1S/C19H16F2N4O2.C3H4F2O.CH4/c1-11(23-2)18(13-4-6-16-17(8-13)27-19(20,21)26-16)25-15-5-3-12(9-22)7-14(15)10-24-25;1-3(4,5)2-6;/h3-8,10-11,18,23H,1-2H3;2H,1H3;1H4. The van der Waals surface area contributed by atoms with Gasteiger partial charge in [0.25, 0.3) is 5.92 Å². The maximum atomic E-state index is 13.3. The number of nitriles is 1. The van der Waals surface area contributed by atoms with Crippen LogP contribution < -0.4 is 14.8 Å². The van der Waals surface area contributed by atoms with Crippen molar-refractivity contribution < 1.29 is 31.8 Å². The van der Waals surface area contributed by atoms with Crippen LogP contribution in [0.25, 0.3) is 10.9 Å². The van der Waals surface area contributed by atoms with Gasteiger partial charge in [0, 0.05) is 18.4 Å². The molecule has 2 atom stereocenters. The number of hydrogen-bond donors (Lipinski definition) is 1. The Balaban J connectivity index is 0.000000521. The lowest BCUT2D eigenvalue weighted by molar-refractivity contribution is -0.286. The summed E-state index contributed by atoms with van der Waals surface area (Å²) in [7, 11) is 1.82. The molecule has 0 aliphatic carbocycles. The molecule has 11 heteroatoms. The predicted molar refractivity (Wildman–Crippen MR) is 117 cm³/mol. The summed E-state index contributed by atoms with van der Waals surface area (Å²) in [5.74, 6) is -3.14. The third-order valence-corrected chi connectivity index (χ3v) is 4.89. The van der Waals surface area contributed by atoms with Crippen LogP contribution >= 0.6 is 0 Å². The largest absolute Gasteiger partial charge is 0.586 e. The van der Waals surface area contributed by atoms with Crippen LogP contribution in [0.15, 0.2) is 42.6 Å². The number of carbonyl (C=O) groups is 1. The van der Waals surface area contributed by atoms with E-state index in [0.29, 0.717) is 12.5 Å². The Kier molecular flexibility index (Phi) is 7.89. The van der Waals surface area contributed by atoms with E-state index in [1.165, 1.54) is 6.07 Å². The van der Waals surface area contributed by atoms with Gasteiger partial charge < -0.3 is 14.8 Å². The van der Waals surface area contributed by atoms with Crippen LogP contribution in [0, 0.1) is 11.3 Å². The second kappa shape index (κ2) is 10.1. The van der Waals surface area contributed by atoms with Crippen molar-refractivity contribution in [1.29, 1.82) is 5.26 Å². The molecule has 3 aromatic rings. The first-order valence-corrected chi connectivity index (χ1v) is 9.76. The Hall–Kier alpha value is -3.65. The number of aromatic nitrogens is 2. The van der Waals surface area contributed by atoms with Crippen LogP contribution in [0.3, 0.4) is 0 Å². The van der Waals surface area contributed by atoms with Crippen LogP contribution in [0.5, 0.6) is 11.5 Å². The van der Waals surface area contributed by atoms with Gasteiger partial charge in [-0.1, -0.05) is 13.5 Å². The number of nitrogens with zero attached hydrogens (tertiary/aromatic N) is 3. The Morgan fingerprint density at radius 3 is 2.44 bits per heavy atom. The molecule has 0 amide bonds. The number of nitrogens with one attached hydrogen (secondary N) is 1. The van der Waals surface area contributed by atoms with Crippen LogP contribution in [-0.4, -0.2) is 41.4 Å². The van der Waals surface area contributed by atoms with Gasteiger partial charge in [-0.25, -0.2) is 0 Å². The highest BCUT2D eigenvalue weighted by Crippen LogP contribution is 2.43. The average Bonchev–Trinajstić information content (AvgIpc) is 3.31.